The van der Waals surface area contributed by atoms with Gasteiger partial charge in [0.2, 0.25) is 0 Å². The number of rotatable bonds is 4. The topological polar surface area (TPSA) is 22.1 Å². The van der Waals surface area contributed by atoms with Crippen molar-refractivity contribution in [1.29, 1.82) is 0 Å². The predicted octanol–water partition coefficient (Wildman–Crippen LogP) is 2.16. The summed E-state index contributed by atoms with van der Waals surface area (Å²) in [5.41, 5.74) is 0. The first-order valence-corrected chi connectivity index (χ1v) is 3.64. The Morgan fingerprint density at radius 2 is 2.21 bits per heavy atom. The smallest absolute Gasteiger partial charge is 0.340 e. The van der Waals surface area contributed by atoms with Gasteiger partial charge in [-0.05, 0) is 12.1 Å². The SMILES string of the molecule is FC(F)C(F)(F)COc1[c]nccc1. The Bertz CT molecular complexity index is 278. The van der Waals surface area contributed by atoms with Crippen LogP contribution in [-0.4, -0.2) is 23.9 Å². The van der Waals surface area contributed by atoms with E-state index in [0.29, 0.717) is 0 Å². The first-order valence-electron chi connectivity index (χ1n) is 3.64. The maximum absolute atomic E-state index is 12.3. The van der Waals surface area contributed by atoms with E-state index in [4.69, 9.17) is 0 Å². The molecule has 6 heteroatoms. The second-order valence-corrected chi connectivity index (χ2v) is 2.46. The van der Waals surface area contributed by atoms with Gasteiger partial charge in [0, 0.05) is 6.20 Å². The van der Waals surface area contributed by atoms with Gasteiger partial charge in [0.15, 0.2) is 6.61 Å². The molecule has 0 N–H and O–H groups in total. The van der Waals surface area contributed by atoms with Crippen LogP contribution in [0.2, 0.25) is 0 Å². The Kier molecular flexibility index (Phi) is 3.27. The van der Waals surface area contributed by atoms with Gasteiger partial charge in [-0.25, -0.2) is 8.78 Å². The third kappa shape index (κ3) is 2.86. The normalized spacial score (nSPS) is 11.8. The van der Waals surface area contributed by atoms with E-state index in [9.17, 15) is 17.6 Å². The van der Waals surface area contributed by atoms with Crippen molar-refractivity contribution < 1.29 is 22.3 Å². The molecule has 0 aliphatic rings. The summed E-state index contributed by atoms with van der Waals surface area (Å²) in [4.78, 5) is 3.45. The summed E-state index contributed by atoms with van der Waals surface area (Å²) in [5, 5.41) is 0. The van der Waals surface area contributed by atoms with Crippen molar-refractivity contribution in [2.24, 2.45) is 0 Å². The first kappa shape index (κ1) is 10.7. The lowest BCUT2D eigenvalue weighted by molar-refractivity contribution is -0.148. The molecule has 2 nitrogen and oxygen atoms in total. The summed E-state index contributed by atoms with van der Waals surface area (Å²) in [6, 6.07) is 2.72. The largest absolute Gasteiger partial charge is 0.485 e. The molecule has 0 atom stereocenters. The van der Waals surface area contributed by atoms with Crippen molar-refractivity contribution in [2.75, 3.05) is 6.61 Å². The minimum absolute atomic E-state index is 0.0900. The lowest BCUT2D eigenvalue weighted by Gasteiger charge is -2.15. The van der Waals surface area contributed by atoms with Crippen LogP contribution in [-0.2, 0) is 0 Å². The summed E-state index contributed by atoms with van der Waals surface area (Å²) >= 11 is 0. The molecule has 0 aliphatic carbocycles. The van der Waals surface area contributed by atoms with E-state index in [-0.39, 0.29) is 5.75 Å². The molecule has 0 fully saturated rings. The molecule has 0 amide bonds. The van der Waals surface area contributed by atoms with Crippen molar-refractivity contribution in [3.05, 3.63) is 24.5 Å². The van der Waals surface area contributed by atoms with Crippen molar-refractivity contribution >= 4 is 0 Å². The van der Waals surface area contributed by atoms with Gasteiger partial charge in [-0.1, -0.05) is 0 Å². The van der Waals surface area contributed by atoms with E-state index >= 15 is 0 Å². The monoisotopic (exact) mass is 208 g/mol. The van der Waals surface area contributed by atoms with Crippen LogP contribution in [0.1, 0.15) is 0 Å². The highest BCUT2D eigenvalue weighted by Gasteiger charge is 2.41. The van der Waals surface area contributed by atoms with E-state index in [1.165, 1.54) is 18.3 Å². The number of nitrogens with zero attached hydrogens (tertiary/aromatic N) is 1. The Balaban J connectivity index is 2.49. The molecular weight excluding hydrogens is 202 g/mol. The molecular formula is C8H6F4NO. The number of aromatic nitrogens is 1. The predicted molar refractivity (Wildman–Crippen MR) is 39.5 cm³/mol. The number of ether oxygens (including phenoxy) is 1. The lowest BCUT2D eigenvalue weighted by atomic mass is 10.4. The minimum atomic E-state index is -4.15. The van der Waals surface area contributed by atoms with Crippen LogP contribution in [0.4, 0.5) is 17.6 Å². The van der Waals surface area contributed by atoms with Gasteiger partial charge >= 0.3 is 12.3 Å². The highest BCUT2D eigenvalue weighted by Crippen LogP contribution is 2.23. The van der Waals surface area contributed by atoms with E-state index in [1.807, 2.05) is 0 Å². The van der Waals surface area contributed by atoms with Gasteiger partial charge in [0.05, 0.1) is 0 Å². The fourth-order valence-electron chi connectivity index (χ4n) is 0.629. The second-order valence-electron chi connectivity index (χ2n) is 2.46. The highest BCUT2D eigenvalue weighted by molar-refractivity contribution is 5.14. The molecule has 1 radical (unpaired) electrons. The lowest BCUT2D eigenvalue weighted by Crippen LogP contribution is -2.33. The highest BCUT2D eigenvalue weighted by atomic mass is 19.3. The standard InChI is InChI=1S/C8H6F4NO/c9-7(10)8(11,12)5-14-6-2-1-3-13-4-6/h1-3,7H,5H2. The van der Waals surface area contributed by atoms with E-state index in [0.717, 1.165) is 0 Å². The van der Waals surface area contributed by atoms with Crippen LogP contribution >= 0.6 is 0 Å². The third-order valence-corrected chi connectivity index (χ3v) is 1.32. The number of halogens is 4. The maximum atomic E-state index is 12.3. The molecule has 0 aromatic carbocycles. The van der Waals surface area contributed by atoms with E-state index in [1.54, 1.807) is 0 Å². The van der Waals surface area contributed by atoms with E-state index < -0.39 is 19.0 Å². The Labute approximate surface area is 77.5 Å². The van der Waals surface area contributed by atoms with Crippen LogP contribution in [0, 0.1) is 6.20 Å². The van der Waals surface area contributed by atoms with Crippen LogP contribution in [0.25, 0.3) is 0 Å². The second kappa shape index (κ2) is 4.26. The van der Waals surface area contributed by atoms with Crippen LogP contribution in [0.5, 0.6) is 5.75 Å². The average Bonchev–Trinajstić information content (AvgIpc) is 2.16. The van der Waals surface area contributed by atoms with Gasteiger partial charge in [-0.15, -0.1) is 0 Å². The average molecular weight is 208 g/mol. The Hall–Kier alpha value is -1.33. The number of hydrogen-bond acceptors (Lipinski definition) is 2. The van der Waals surface area contributed by atoms with Gasteiger partial charge in [0.25, 0.3) is 0 Å². The van der Waals surface area contributed by atoms with Crippen molar-refractivity contribution in [3.63, 3.8) is 0 Å². The zero-order valence-electron chi connectivity index (χ0n) is 6.88. The number of pyridine rings is 1. The van der Waals surface area contributed by atoms with Gasteiger partial charge in [0.1, 0.15) is 11.9 Å². The van der Waals surface area contributed by atoms with Gasteiger partial charge < -0.3 is 4.74 Å². The summed E-state index contributed by atoms with van der Waals surface area (Å²) in [6.45, 7) is -1.38. The molecule has 0 bridgehead atoms. The quantitative estimate of drug-likeness (QED) is 0.707. The van der Waals surface area contributed by atoms with Crippen LogP contribution < -0.4 is 4.74 Å². The first-order chi connectivity index (χ1) is 6.52. The molecule has 0 unspecified atom stereocenters. The molecule has 1 rings (SSSR count). The summed E-state index contributed by atoms with van der Waals surface area (Å²) in [5.74, 6) is -4.24. The van der Waals surface area contributed by atoms with Crippen LogP contribution in [0.15, 0.2) is 18.3 Å². The van der Waals surface area contributed by atoms with Crippen molar-refractivity contribution in [2.45, 2.75) is 12.3 Å². The minimum Gasteiger partial charge on any atom is -0.485 e. The van der Waals surface area contributed by atoms with Crippen LogP contribution in [0.3, 0.4) is 0 Å². The van der Waals surface area contributed by atoms with Crippen molar-refractivity contribution in [3.8, 4) is 5.75 Å². The Morgan fingerprint density at radius 1 is 1.50 bits per heavy atom. The molecule has 77 valence electrons. The fourth-order valence-corrected chi connectivity index (χ4v) is 0.629. The summed E-state index contributed by atoms with van der Waals surface area (Å²) < 4.78 is 52.3. The maximum Gasteiger partial charge on any atom is 0.340 e. The molecule has 14 heavy (non-hydrogen) atoms. The molecule has 1 aromatic heterocycles. The molecule has 0 saturated carbocycles. The summed E-state index contributed by atoms with van der Waals surface area (Å²) in [6.07, 6.45) is -0.148. The molecule has 0 aliphatic heterocycles. The van der Waals surface area contributed by atoms with Crippen molar-refractivity contribution in [1.82, 2.24) is 4.98 Å². The number of alkyl halides is 4. The Morgan fingerprint density at radius 3 is 2.71 bits per heavy atom. The van der Waals surface area contributed by atoms with Gasteiger partial charge in [-0.3, -0.25) is 4.98 Å². The number of hydrogen-bond donors (Lipinski definition) is 0. The third-order valence-electron chi connectivity index (χ3n) is 1.32. The zero-order chi connectivity index (χ0) is 10.6. The molecule has 1 heterocycles. The molecule has 1 aromatic rings. The van der Waals surface area contributed by atoms with E-state index in [2.05, 4.69) is 15.9 Å². The molecule has 0 saturated heterocycles. The fraction of sp³-hybridized carbons (Fsp3) is 0.375. The van der Waals surface area contributed by atoms with Gasteiger partial charge in [-0.2, -0.15) is 8.78 Å². The zero-order valence-corrected chi connectivity index (χ0v) is 6.88. The molecule has 0 spiro atoms. The summed E-state index contributed by atoms with van der Waals surface area (Å²) in [7, 11) is 0.